The number of benzene rings is 1. The van der Waals surface area contributed by atoms with Crippen LogP contribution in [0.25, 0.3) is 0 Å². The van der Waals surface area contributed by atoms with Crippen molar-refractivity contribution in [1.29, 1.82) is 0 Å². The summed E-state index contributed by atoms with van der Waals surface area (Å²) in [5, 5.41) is 0. The lowest BCUT2D eigenvalue weighted by atomic mass is 9.80. The van der Waals surface area contributed by atoms with Crippen LogP contribution < -0.4 is 10.2 Å². The van der Waals surface area contributed by atoms with E-state index in [9.17, 15) is 17.3 Å². The van der Waals surface area contributed by atoms with Crippen LogP contribution in [0.4, 0.5) is 17.3 Å². The Kier molecular flexibility index (Phi) is 3.62. The second-order valence-electron chi connectivity index (χ2n) is 3.32. The Balaban J connectivity index is 2.95. The van der Waals surface area contributed by atoms with Crippen LogP contribution in [0.15, 0.2) is 30.9 Å². The Labute approximate surface area is 90.8 Å². The van der Waals surface area contributed by atoms with Gasteiger partial charge in [0.25, 0.3) is 0 Å². The molecule has 1 atom stereocenters. The first-order valence-corrected chi connectivity index (χ1v) is 4.63. The second-order valence-corrected chi connectivity index (χ2v) is 3.32. The molecule has 88 valence electrons. The molecule has 0 amide bonds. The van der Waals surface area contributed by atoms with Gasteiger partial charge in [-0.25, -0.2) is 4.39 Å². The SMILES string of the molecule is C=CC(C)Oc1ccc([B-](F)(F)F)c(F)c1. The normalized spacial score (nSPS) is 13.3. The molecule has 0 spiro atoms. The Morgan fingerprint density at radius 1 is 1.38 bits per heavy atom. The van der Waals surface area contributed by atoms with Crippen LogP contribution >= 0.6 is 0 Å². The predicted molar refractivity (Wildman–Crippen MR) is 55.4 cm³/mol. The Hall–Kier alpha value is -1.46. The Morgan fingerprint density at radius 3 is 2.44 bits per heavy atom. The smallest absolute Gasteiger partial charge is 0.487 e. The molecule has 6 heteroatoms. The molecule has 0 bridgehead atoms. The lowest BCUT2D eigenvalue weighted by molar-refractivity contribution is 0.269. The molecule has 1 unspecified atom stereocenters. The standard InChI is InChI=1S/C10H10BF4O/c1-3-7(2)16-8-4-5-9(10(12)6-8)11(13,14)15/h3-7H,1H2,2H3/q-1. The highest BCUT2D eigenvalue weighted by atomic mass is 19.4. The zero-order chi connectivity index (χ0) is 12.3. The van der Waals surface area contributed by atoms with Crippen molar-refractivity contribution in [1.82, 2.24) is 0 Å². The van der Waals surface area contributed by atoms with Crippen molar-refractivity contribution in [2.45, 2.75) is 13.0 Å². The molecule has 0 saturated heterocycles. The number of ether oxygens (including phenoxy) is 1. The van der Waals surface area contributed by atoms with Crippen molar-refractivity contribution in [2.24, 2.45) is 0 Å². The minimum atomic E-state index is -5.32. The summed E-state index contributed by atoms with van der Waals surface area (Å²) in [4.78, 5) is 0. The highest BCUT2D eigenvalue weighted by molar-refractivity contribution is 6.73. The van der Waals surface area contributed by atoms with E-state index >= 15 is 0 Å². The quantitative estimate of drug-likeness (QED) is 0.441. The average molecular weight is 233 g/mol. The van der Waals surface area contributed by atoms with Gasteiger partial charge in [0, 0.05) is 6.07 Å². The summed E-state index contributed by atoms with van der Waals surface area (Å²) in [6.45, 7) is -0.238. The largest absolute Gasteiger partial charge is 0.512 e. The molecule has 1 aromatic carbocycles. The summed E-state index contributed by atoms with van der Waals surface area (Å²) in [5.74, 6) is -1.27. The Bertz CT molecular complexity index is 389. The van der Waals surface area contributed by atoms with Gasteiger partial charge in [-0.15, -0.1) is 0 Å². The molecule has 0 heterocycles. The number of halogens is 4. The molecular formula is C10H10BF4O-. The van der Waals surface area contributed by atoms with E-state index in [2.05, 4.69) is 6.58 Å². The maximum atomic E-state index is 13.1. The van der Waals surface area contributed by atoms with E-state index < -0.39 is 18.3 Å². The minimum Gasteiger partial charge on any atom is -0.487 e. The molecule has 1 rings (SSSR count). The molecule has 0 aliphatic heterocycles. The second kappa shape index (κ2) is 4.59. The van der Waals surface area contributed by atoms with E-state index in [-0.39, 0.29) is 11.9 Å². The van der Waals surface area contributed by atoms with Crippen molar-refractivity contribution in [2.75, 3.05) is 0 Å². The molecule has 0 N–H and O–H groups in total. The first-order valence-electron chi connectivity index (χ1n) is 4.63. The lowest BCUT2D eigenvalue weighted by Gasteiger charge is -2.17. The van der Waals surface area contributed by atoms with Crippen molar-refractivity contribution >= 4 is 12.4 Å². The summed E-state index contributed by atoms with van der Waals surface area (Å²) in [5.41, 5.74) is -1.24. The summed E-state index contributed by atoms with van der Waals surface area (Å²) < 4.78 is 55.0. The minimum absolute atomic E-state index is 0.0497. The first-order chi connectivity index (χ1) is 7.34. The number of hydrogen-bond acceptors (Lipinski definition) is 1. The molecular weight excluding hydrogens is 223 g/mol. The van der Waals surface area contributed by atoms with Gasteiger partial charge in [0.05, 0.1) is 5.82 Å². The van der Waals surface area contributed by atoms with Gasteiger partial charge in [0.15, 0.2) is 0 Å². The van der Waals surface area contributed by atoms with E-state index in [1.54, 1.807) is 6.92 Å². The maximum absolute atomic E-state index is 13.1. The lowest BCUT2D eigenvalue weighted by Crippen LogP contribution is -2.36. The van der Waals surface area contributed by atoms with Crippen LogP contribution in [0, 0.1) is 5.82 Å². The van der Waals surface area contributed by atoms with Gasteiger partial charge in [0.1, 0.15) is 11.9 Å². The third kappa shape index (κ3) is 3.02. The van der Waals surface area contributed by atoms with Crippen molar-refractivity contribution in [3.8, 4) is 5.75 Å². The molecule has 1 nitrogen and oxygen atoms in total. The molecule has 0 aliphatic carbocycles. The molecule has 0 radical (unpaired) electrons. The highest BCUT2D eigenvalue weighted by Crippen LogP contribution is 2.17. The van der Waals surface area contributed by atoms with Gasteiger partial charge in [-0.3, -0.25) is 0 Å². The fourth-order valence-electron chi connectivity index (χ4n) is 1.11. The molecule has 0 aliphatic rings. The van der Waals surface area contributed by atoms with Crippen LogP contribution in [0.5, 0.6) is 5.75 Å². The summed E-state index contributed by atoms with van der Waals surface area (Å²) >= 11 is 0. The van der Waals surface area contributed by atoms with Gasteiger partial charge >= 0.3 is 6.98 Å². The topological polar surface area (TPSA) is 9.23 Å². The fourth-order valence-corrected chi connectivity index (χ4v) is 1.11. The number of rotatable bonds is 4. The first kappa shape index (κ1) is 12.6. The molecule has 0 aromatic heterocycles. The highest BCUT2D eigenvalue weighted by Gasteiger charge is 2.28. The molecule has 0 saturated carbocycles. The fraction of sp³-hybridized carbons (Fsp3) is 0.200. The van der Waals surface area contributed by atoms with Crippen molar-refractivity contribution in [3.63, 3.8) is 0 Å². The van der Waals surface area contributed by atoms with Crippen LogP contribution in [0.3, 0.4) is 0 Å². The van der Waals surface area contributed by atoms with E-state index in [0.29, 0.717) is 6.07 Å². The van der Waals surface area contributed by atoms with Gasteiger partial charge in [0.2, 0.25) is 0 Å². The van der Waals surface area contributed by atoms with Crippen LogP contribution in [0.1, 0.15) is 6.92 Å². The van der Waals surface area contributed by atoms with Crippen LogP contribution in [-0.2, 0) is 0 Å². The third-order valence-electron chi connectivity index (χ3n) is 1.98. The zero-order valence-electron chi connectivity index (χ0n) is 8.59. The van der Waals surface area contributed by atoms with E-state index in [0.717, 1.165) is 12.1 Å². The average Bonchev–Trinajstić information content (AvgIpc) is 2.15. The van der Waals surface area contributed by atoms with Crippen LogP contribution in [-0.4, -0.2) is 13.1 Å². The molecule has 1 aromatic rings. The zero-order valence-corrected chi connectivity index (χ0v) is 8.59. The third-order valence-corrected chi connectivity index (χ3v) is 1.98. The van der Waals surface area contributed by atoms with E-state index in [4.69, 9.17) is 4.74 Å². The number of hydrogen-bond donors (Lipinski definition) is 0. The van der Waals surface area contributed by atoms with E-state index in [1.165, 1.54) is 6.08 Å². The summed E-state index contributed by atoms with van der Waals surface area (Å²) in [6.07, 6.45) is 1.07. The summed E-state index contributed by atoms with van der Waals surface area (Å²) in [7, 11) is 0. The van der Waals surface area contributed by atoms with Crippen LogP contribution in [0.2, 0.25) is 0 Å². The van der Waals surface area contributed by atoms with Gasteiger partial charge in [-0.05, 0) is 13.0 Å². The summed E-state index contributed by atoms with van der Waals surface area (Å²) in [6, 6.07) is 2.50. The van der Waals surface area contributed by atoms with E-state index in [1.807, 2.05) is 0 Å². The molecule has 0 fully saturated rings. The van der Waals surface area contributed by atoms with Gasteiger partial charge in [-0.1, -0.05) is 24.2 Å². The molecule has 16 heavy (non-hydrogen) atoms. The van der Waals surface area contributed by atoms with Gasteiger partial charge in [-0.2, -0.15) is 0 Å². The Morgan fingerprint density at radius 2 is 2.00 bits per heavy atom. The monoisotopic (exact) mass is 233 g/mol. The van der Waals surface area contributed by atoms with Crippen molar-refractivity contribution in [3.05, 3.63) is 36.7 Å². The van der Waals surface area contributed by atoms with Crippen molar-refractivity contribution < 1.29 is 22.1 Å². The van der Waals surface area contributed by atoms with Gasteiger partial charge < -0.3 is 17.7 Å². The maximum Gasteiger partial charge on any atom is 0.512 e. The predicted octanol–water partition coefficient (Wildman–Crippen LogP) is 2.83.